The van der Waals surface area contributed by atoms with E-state index in [2.05, 4.69) is 41.0 Å². The van der Waals surface area contributed by atoms with Gasteiger partial charge < -0.3 is 26.0 Å². The molecule has 4 aliphatic carbocycles. The first-order valence-electron chi connectivity index (χ1n) is 37.3. The maximum absolute atomic E-state index is 12.2. The fourth-order valence-electron chi connectivity index (χ4n) is 13.8. The van der Waals surface area contributed by atoms with Crippen molar-refractivity contribution < 1.29 is 82.1 Å². The Morgan fingerprint density at radius 3 is 0.935 bits per heavy atom. The van der Waals surface area contributed by atoms with E-state index in [0.29, 0.717) is 89.4 Å². The summed E-state index contributed by atoms with van der Waals surface area (Å²) < 4.78 is 1.17. The number of hydrogen-bond acceptors (Lipinski definition) is 16. The van der Waals surface area contributed by atoms with E-state index in [0.717, 1.165) is 43.6 Å². The van der Waals surface area contributed by atoms with Gasteiger partial charge in [0.2, 0.25) is 46.3 Å². The van der Waals surface area contributed by atoms with Crippen molar-refractivity contribution in [3.8, 4) is 44.5 Å². The average Bonchev–Trinajstić information content (AvgIpc) is 0.772. The van der Waals surface area contributed by atoms with Crippen molar-refractivity contribution in [3.05, 3.63) is 340 Å². The highest BCUT2D eigenvalue weighted by Gasteiger charge is 2.36. The first-order valence-corrected chi connectivity index (χ1v) is 39.9. The number of ether oxygens (including phenoxy) is 1. The molecule has 0 radical (unpaired) electrons. The molecular weight excluding hydrogens is 1730 g/mol. The van der Waals surface area contributed by atoms with Crippen LogP contribution in [0, 0.1) is 0 Å². The van der Waals surface area contributed by atoms with E-state index in [1.807, 2.05) is 78.9 Å². The van der Waals surface area contributed by atoms with Crippen molar-refractivity contribution >= 4 is 223 Å². The minimum atomic E-state index is -2.10. The lowest BCUT2D eigenvalue weighted by Gasteiger charge is -2.21. The predicted molar refractivity (Wildman–Crippen MR) is 483 cm³/mol. The lowest BCUT2D eigenvalue weighted by atomic mass is 9.83. The summed E-state index contributed by atoms with van der Waals surface area (Å²) in [5.74, 6) is -6.88. The highest BCUT2D eigenvalue weighted by Crippen LogP contribution is 2.41. The molecule has 0 spiro atoms. The lowest BCUT2D eigenvalue weighted by molar-refractivity contribution is -0.115. The van der Waals surface area contributed by atoms with Crippen molar-refractivity contribution in [2.75, 3.05) is 16.4 Å². The predicted octanol–water partition coefficient (Wildman–Crippen LogP) is 22.9. The summed E-state index contributed by atoms with van der Waals surface area (Å²) in [6.45, 7) is 6.94. The Morgan fingerprint density at radius 2 is 0.581 bits per heavy atom. The largest absolute Gasteiger partial charge is 0.478 e. The summed E-state index contributed by atoms with van der Waals surface area (Å²) in [5.41, 5.74) is 15.7. The number of alkyl halides is 6. The van der Waals surface area contributed by atoms with Crippen molar-refractivity contribution in [1.29, 1.82) is 0 Å². The van der Waals surface area contributed by atoms with Gasteiger partial charge in [-0.2, -0.15) is 0 Å². The van der Waals surface area contributed by atoms with Crippen LogP contribution in [0.25, 0.3) is 87.6 Å². The molecule has 0 saturated carbocycles. The van der Waals surface area contributed by atoms with Gasteiger partial charge in [-0.15, -0.1) is 0 Å². The van der Waals surface area contributed by atoms with E-state index in [1.54, 1.807) is 167 Å². The van der Waals surface area contributed by atoms with Gasteiger partial charge in [-0.25, -0.2) is 14.4 Å². The van der Waals surface area contributed by atoms with E-state index in [4.69, 9.17) is 102 Å². The number of fused-ring (bicyclic) bond motifs is 18. The molecule has 4 aliphatic rings. The molecule has 2 amide bonds. The Bertz CT molecular complexity index is 6750. The van der Waals surface area contributed by atoms with Crippen LogP contribution < -0.4 is 16.4 Å². The van der Waals surface area contributed by atoms with Crippen LogP contribution in [0.2, 0.25) is 0 Å². The standard InChI is InChI=1S/C19H17NO4.C16H8Cl3NO3.C16H12O.C15H8O4.C15H10O2.C14H9NO2.C2Cl4O/c1-19(2,3)24-18(23)20-11-8-9-14-15(10-11)12-6-4-5-7-13(12)16(21)17(14)22;17-16(18,19)15(23)20-8-5-6-11-12(7-8)9-3-1-2-4-10(9)13(21)14(11)22;1-11(17)14-9-8-13-7-6-12-4-2-3-5-15(12)16(13)10-14;16-13-10-4-2-1-3-9(10)12-7-8(15(18)19)5-6-11(12)14(13)17;16-15(17)12-8-7-11-6-5-10-3-1-2-4-13(10)14(11)9-12;15-8-5-6-11-12(7-8)9-3-1-2-4-10(9)13(16)14(11)17;3-1(7)2(4,5)6/h4-10H,1-3H3,(H,20,23);1-7H,(H,20,23);2-10H,1H3;1-7H,(H,18,19);1-9H,(H,16,17);1-7H,15H2;. The smallest absolute Gasteiger partial charge is 0.412 e. The number of amides is 2. The molecule has 18 rings (SSSR count). The zero-order valence-electron chi connectivity index (χ0n) is 65.3. The quantitative estimate of drug-likeness (QED) is 0.0267. The number of nitrogens with one attached hydrogen (secondary N) is 2. The molecule has 618 valence electrons. The summed E-state index contributed by atoms with van der Waals surface area (Å²) in [5, 5.41) is 31.1. The van der Waals surface area contributed by atoms with E-state index in [-0.39, 0.29) is 22.5 Å². The molecule has 20 nitrogen and oxygen atoms in total. The highest BCUT2D eigenvalue weighted by atomic mass is 35.6. The van der Waals surface area contributed by atoms with Crippen LogP contribution in [0.1, 0.15) is 142 Å². The second-order valence-electron chi connectivity index (χ2n) is 28.9. The molecule has 0 aliphatic heterocycles. The van der Waals surface area contributed by atoms with Gasteiger partial charge >= 0.3 is 18.0 Å². The first kappa shape index (κ1) is 89.6. The molecule has 0 heterocycles. The van der Waals surface area contributed by atoms with Crippen LogP contribution in [0.4, 0.5) is 21.9 Å². The Morgan fingerprint density at radius 1 is 0.306 bits per heavy atom. The third-order valence-electron chi connectivity index (χ3n) is 19.5. The monoisotopic (exact) mass is 1790 g/mol. The Hall–Kier alpha value is -13.7. The average molecular weight is 1790 g/mol. The topological polar surface area (TPSA) is 339 Å². The maximum Gasteiger partial charge on any atom is 0.412 e. The van der Waals surface area contributed by atoms with Crippen LogP contribution >= 0.6 is 81.2 Å². The third-order valence-corrected chi connectivity index (χ3v) is 21.1. The third kappa shape index (κ3) is 20.1. The van der Waals surface area contributed by atoms with Gasteiger partial charge in [0, 0.05) is 67.1 Å². The zero-order chi connectivity index (χ0) is 89.6. The van der Waals surface area contributed by atoms with Gasteiger partial charge in [-0.1, -0.05) is 258 Å². The number of benzene rings is 14. The second-order valence-corrected chi connectivity index (χ2v) is 33.8. The highest BCUT2D eigenvalue weighted by molar-refractivity contribution is 6.88. The van der Waals surface area contributed by atoms with Gasteiger partial charge in [0.25, 0.3) is 18.7 Å². The molecule has 0 saturated heterocycles. The number of carbonyl (C=O) groups excluding carboxylic acids is 12. The lowest BCUT2D eigenvalue weighted by Crippen LogP contribution is -2.27. The molecule has 0 bridgehead atoms. The number of halogens is 7. The van der Waals surface area contributed by atoms with E-state index in [9.17, 15) is 67.1 Å². The Labute approximate surface area is 741 Å². The van der Waals surface area contributed by atoms with Gasteiger partial charge in [0.1, 0.15) is 5.60 Å². The fourth-order valence-corrected chi connectivity index (χ4v) is 13.9. The minimum Gasteiger partial charge on any atom is -0.478 e. The molecule has 0 aromatic heterocycles. The van der Waals surface area contributed by atoms with Crippen LogP contribution in [0.3, 0.4) is 0 Å². The SMILES string of the molecule is CC(=O)c1ccc2ccc3ccccc3c2c1.CC(C)(C)OC(=O)Nc1ccc2c(c1)-c1ccccc1C(=O)C2=O.Nc1ccc2c(c1)-c1ccccc1C(=O)C2=O.O=C(Cl)C(Cl)(Cl)Cl.O=C(O)c1ccc2c(c1)-c1ccccc1C(=O)C2=O.O=C(O)c1ccc2ccc3ccccc3c2c1.O=C1C(=O)c2ccc(NC(=O)C(Cl)(Cl)Cl)cc2-c2ccccc21. The zero-order valence-corrected chi connectivity index (χ0v) is 70.6. The van der Waals surface area contributed by atoms with Gasteiger partial charge in [0.15, 0.2) is 5.78 Å². The van der Waals surface area contributed by atoms with Crippen molar-refractivity contribution in [2.45, 2.75) is 40.9 Å². The van der Waals surface area contributed by atoms with Gasteiger partial charge in [-0.05, 0) is 218 Å². The molecule has 0 atom stereocenters. The van der Waals surface area contributed by atoms with Crippen LogP contribution in [0.15, 0.2) is 279 Å². The number of rotatable bonds is 5. The number of nitrogens with two attached hydrogens (primary N) is 1. The number of anilines is 3. The second kappa shape index (κ2) is 37.4. The number of hydrogen-bond donors (Lipinski definition) is 5. The number of Topliss-reactive ketones (excluding diaryl/α,β-unsaturated/α-hetero) is 9. The Balaban J connectivity index is 0.000000134. The number of carboxylic acids is 2. The summed E-state index contributed by atoms with van der Waals surface area (Å²) in [6.07, 6.45) is -0.575. The molecule has 0 fully saturated rings. The number of nitrogen functional groups attached to an aromatic ring is 1. The van der Waals surface area contributed by atoms with E-state index < -0.39 is 88.6 Å². The van der Waals surface area contributed by atoms with Crippen LogP contribution in [-0.4, -0.2) is 105 Å². The molecule has 27 heteroatoms. The van der Waals surface area contributed by atoms with Crippen molar-refractivity contribution in [1.82, 2.24) is 0 Å². The van der Waals surface area contributed by atoms with Gasteiger partial charge in [-0.3, -0.25) is 58.1 Å². The van der Waals surface area contributed by atoms with E-state index in [1.165, 1.54) is 46.5 Å². The molecular formula is C97H64Cl7N3O17. The number of carboxylic acid groups (broad SMARTS) is 2. The summed E-state index contributed by atoms with van der Waals surface area (Å²) >= 11 is 36.0. The fraction of sp³-hybridized carbons (Fsp3) is 0.0722. The molecule has 124 heavy (non-hydrogen) atoms. The van der Waals surface area contributed by atoms with Crippen LogP contribution in [-0.2, 0) is 14.3 Å². The van der Waals surface area contributed by atoms with Crippen molar-refractivity contribution in [2.24, 2.45) is 0 Å². The molecule has 0 unspecified atom stereocenters. The summed E-state index contributed by atoms with van der Waals surface area (Å²) in [4.78, 5) is 163. The van der Waals surface area contributed by atoms with E-state index >= 15 is 0 Å². The first-order chi connectivity index (χ1) is 58.8. The molecule has 6 N–H and O–H groups in total. The normalized spacial score (nSPS) is 12.4. The summed E-state index contributed by atoms with van der Waals surface area (Å²) in [6, 6.07) is 81.7. The maximum atomic E-state index is 12.2. The number of carbonyl (C=O) groups is 14. The Kier molecular flexibility index (Phi) is 27.0. The minimum absolute atomic E-state index is 0.0932. The molecule has 14 aromatic carbocycles. The number of aromatic carboxylic acids is 2. The summed E-state index contributed by atoms with van der Waals surface area (Å²) in [7, 11) is 0. The van der Waals surface area contributed by atoms with Crippen LogP contribution in [0.5, 0.6) is 0 Å². The molecule has 14 aromatic rings. The number of ketones is 9. The van der Waals surface area contributed by atoms with Crippen molar-refractivity contribution in [3.63, 3.8) is 0 Å². The van der Waals surface area contributed by atoms with Gasteiger partial charge in [0.05, 0.1) is 11.1 Å².